The van der Waals surface area contributed by atoms with Gasteiger partial charge in [0.25, 0.3) is 5.91 Å². The number of carbonyl (C=O) groups excluding carboxylic acids is 1. The Morgan fingerprint density at radius 1 is 1.56 bits per heavy atom. The van der Waals surface area contributed by atoms with Crippen molar-refractivity contribution in [2.45, 2.75) is 45.6 Å². The first-order valence-corrected chi connectivity index (χ1v) is 6.71. The van der Waals surface area contributed by atoms with E-state index in [-0.39, 0.29) is 5.91 Å². The van der Waals surface area contributed by atoms with Crippen molar-refractivity contribution in [1.82, 2.24) is 4.90 Å². The molecular weight excluding hydrogens is 228 g/mol. The highest BCUT2D eigenvalue weighted by molar-refractivity contribution is 5.95. The number of likely N-dealkylation sites (tertiary alicyclic amines) is 1. The smallest absolute Gasteiger partial charge is 0.257 e. The lowest BCUT2D eigenvalue weighted by Crippen LogP contribution is -2.35. The van der Waals surface area contributed by atoms with E-state index in [0.29, 0.717) is 18.2 Å². The molecule has 1 atom stereocenters. The molecule has 1 aromatic rings. The SMILES string of the molecule is Cc1cc(C(=O)N2CCCC2CCCN)c(C)o1. The van der Waals surface area contributed by atoms with Gasteiger partial charge in [0.2, 0.25) is 0 Å². The largest absolute Gasteiger partial charge is 0.466 e. The van der Waals surface area contributed by atoms with Crippen LogP contribution in [0.25, 0.3) is 0 Å². The molecule has 0 aromatic carbocycles. The first kappa shape index (κ1) is 13.1. The minimum Gasteiger partial charge on any atom is -0.466 e. The molecule has 2 rings (SSSR count). The van der Waals surface area contributed by atoms with Crippen molar-refractivity contribution < 1.29 is 9.21 Å². The minimum atomic E-state index is 0.115. The van der Waals surface area contributed by atoms with Crippen LogP contribution in [0.3, 0.4) is 0 Å². The zero-order chi connectivity index (χ0) is 13.1. The topological polar surface area (TPSA) is 59.5 Å². The molecule has 1 unspecified atom stereocenters. The molecule has 0 spiro atoms. The summed E-state index contributed by atoms with van der Waals surface area (Å²) in [5, 5.41) is 0. The van der Waals surface area contributed by atoms with E-state index in [1.54, 1.807) is 0 Å². The lowest BCUT2D eigenvalue weighted by molar-refractivity contribution is 0.0727. The van der Waals surface area contributed by atoms with E-state index in [4.69, 9.17) is 10.2 Å². The number of nitrogens with zero attached hydrogens (tertiary/aromatic N) is 1. The van der Waals surface area contributed by atoms with E-state index in [9.17, 15) is 4.79 Å². The summed E-state index contributed by atoms with van der Waals surface area (Å²) in [6.07, 6.45) is 4.19. The molecule has 100 valence electrons. The Morgan fingerprint density at radius 2 is 2.33 bits per heavy atom. The van der Waals surface area contributed by atoms with Gasteiger partial charge in [-0.1, -0.05) is 0 Å². The van der Waals surface area contributed by atoms with E-state index in [0.717, 1.165) is 43.7 Å². The molecule has 4 heteroatoms. The third kappa shape index (κ3) is 2.58. The maximum atomic E-state index is 12.5. The molecule has 0 radical (unpaired) electrons. The van der Waals surface area contributed by atoms with Crippen LogP contribution >= 0.6 is 0 Å². The van der Waals surface area contributed by atoms with Crippen molar-refractivity contribution in [3.05, 3.63) is 23.2 Å². The Kier molecular flexibility index (Phi) is 4.07. The van der Waals surface area contributed by atoms with Crippen LogP contribution in [-0.2, 0) is 0 Å². The Hall–Kier alpha value is -1.29. The molecule has 2 heterocycles. The summed E-state index contributed by atoms with van der Waals surface area (Å²) < 4.78 is 5.44. The van der Waals surface area contributed by atoms with E-state index in [1.807, 2.05) is 24.8 Å². The summed E-state index contributed by atoms with van der Waals surface area (Å²) >= 11 is 0. The Bertz CT molecular complexity index is 425. The normalized spacial score (nSPS) is 19.5. The van der Waals surface area contributed by atoms with Crippen LogP contribution in [0.4, 0.5) is 0 Å². The van der Waals surface area contributed by atoms with Gasteiger partial charge in [-0.3, -0.25) is 4.79 Å². The molecule has 1 saturated heterocycles. The fourth-order valence-electron chi connectivity index (χ4n) is 2.75. The summed E-state index contributed by atoms with van der Waals surface area (Å²) in [6, 6.07) is 2.20. The van der Waals surface area contributed by atoms with Crippen LogP contribution in [0.2, 0.25) is 0 Å². The monoisotopic (exact) mass is 250 g/mol. The molecule has 0 bridgehead atoms. The van der Waals surface area contributed by atoms with Gasteiger partial charge in [-0.25, -0.2) is 0 Å². The zero-order valence-corrected chi connectivity index (χ0v) is 11.2. The van der Waals surface area contributed by atoms with Crippen molar-refractivity contribution in [3.8, 4) is 0 Å². The predicted molar refractivity (Wildman–Crippen MR) is 70.5 cm³/mol. The Balaban J connectivity index is 2.10. The second-order valence-electron chi connectivity index (χ2n) is 5.05. The first-order chi connectivity index (χ1) is 8.63. The molecule has 1 aliphatic heterocycles. The van der Waals surface area contributed by atoms with Gasteiger partial charge in [-0.2, -0.15) is 0 Å². The quantitative estimate of drug-likeness (QED) is 0.891. The van der Waals surface area contributed by atoms with Gasteiger partial charge in [-0.05, 0) is 52.1 Å². The minimum absolute atomic E-state index is 0.115. The number of hydrogen-bond acceptors (Lipinski definition) is 3. The molecule has 18 heavy (non-hydrogen) atoms. The number of hydrogen-bond donors (Lipinski definition) is 1. The van der Waals surface area contributed by atoms with Crippen molar-refractivity contribution in [2.75, 3.05) is 13.1 Å². The van der Waals surface area contributed by atoms with Gasteiger partial charge in [-0.15, -0.1) is 0 Å². The highest BCUT2D eigenvalue weighted by Crippen LogP contribution is 2.25. The second-order valence-corrected chi connectivity index (χ2v) is 5.05. The number of furan rings is 1. The first-order valence-electron chi connectivity index (χ1n) is 6.71. The van der Waals surface area contributed by atoms with E-state index >= 15 is 0 Å². The molecular formula is C14H22N2O2. The van der Waals surface area contributed by atoms with Crippen LogP contribution in [0, 0.1) is 13.8 Å². The van der Waals surface area contributed by atoms with Gasteiger partial charge in [0.1, 0.15) is 11.5 Å². The molecule has 1 aliphatic rings. The summed E-state index contributed by atoms with van der Waals surface area (Å²) in [6.45, 7) is 5.28. The summed E-state index contributed by atoms with van der Waals surface area (Å²) in [5.74, 6) is 1.64. The van der Waals surface area contributed by atoms with Crippen LogP contribution in [0.5, 0.6) is 0 Å². The van der Waals surface area contributed by atoms with E-state index < -0.39 is 0 Å². The number of carbonyl (C=O) groups is 1. The third-order valence-electron chi connectivity index (χ3n) is 3.65. The lowest BCUT2D eigenvalue weighted by atomic mass is 10.1. The standard InChI is InChI=1S/C14H22N2O2/c1-10-9-13(11(2)18-10)14(17)16-8-4-6-12(16)5-3-7-15/h9,12H,3-8,15H2,1-2H3. The highest BCUT2D eigenvalue weighted by atomic mass is 16.3. The van der Waals surface area contributed by atoms with Crippen molar-refractivity contribution in [3.63, 3.8) is 0 Å². The zero-order valence-electron chi connectivity index (χ0n) is 11.2. The van der Waals surface area contributed by atoms with Gasteiger partial charge < -0.3 is 15.1 Å². The fourth-order valence-corrected chi connectivity index (χ4v) is 2.75. The van der Waals surface area contributed by atoms with Crippen molar-refractivity contribution in [2.24, 2.45) is 5.73 Å². The number of amides is 1. The maximum Gasteiger partial charge on any atom is 0.257 e. The molecule has 1 fully saturated rings. The van der Waals surface area contributed by atoms with Gasteiger partial charge >= 0.3 is 0 Å². The number of nitrogens with two attached hydrogens (primary N) is 1. The van der Waals surface area contributed by atoms with Crippen molar-refractivity contribution >= 4 is 5.91 Å². The molecule has 4 nitrogen and oxygen atoms in total. The average Bonchev–Trinajstić information content (AvgIpc) is 2.92. The Morgan fingerprint density at radius 3 is 2.94 bits per heavy atom. The van der Waals surface area contributed by atoms with E-state index in [1.165, 1.54) is 0 Å². The maximum absolute atomic E-state index is 12.5. The summed E-state index contributed by atoms with van der Waals surface area (Å²) in [5.41, 5.74) is 6.26. The van der Waals surface area contributed by atoms with Gasteiger partial charge in [0.05, 0.1) is 5.56 Å². The van der Waals surface area contributed by atoms with Crippen LogP contribution in [0.15, 0.2) is 10.5 Å². The highest BCUT2D eigenvalue weighted by Gasteiger charge is 2.30. The summed E-state index contributed by atoms with van der Waals surface area (Å²) in [7, 11) is 0. The molecule has 0 aliphatic carbocycles. The lowest BCUT2D eigenvalue weighted by Gasteiger charge is -2.24. The molecule has 2 N–H and O–H groups in total. The number of rotatable bonds is 4. The molecule has 1 amide bonds. The van der Waals surface area contributed by atoms with Gasteiger partial charge in [0, 0.05) is 12.6 Å². The average molecular weight is 250 g/mol. The Labute approximate surface area is 108 Å². The van der Waals surface area contributed by atoms with Crippen molar-refractivity contribution in [1.29, 1.82) is 0 Å². The predicted octanol–water partition coefficient (Wildman–Crippen LogP) is 2.24. The second kappa shape index (κ2) is 5.57. The van der Waals surface area contributed by atoms with Crippen LogP contribution < -0.4 is 5.73 Å². The summed E-state index contributed by atoms with van der Waals surface area (Å²) in [4.78, 5) is 14.5. The fraction of sp³-hybridized carbons (Fsp3) is 0.643. The molecule has 1 aromatic heterocycles. The molecule has 0 saturated carbocycles. The number of aryl methyl sites for hydroxylation is 2. The third-order valence-corrected chi connectivity index (χ3v) is 3.65. The van der Waals surface area contributed by atoms with Gasteiger partial charge in [0.15, 0.2) is 0 Å². The van der Waals surface area contributed by atoms with Crippen LogP contribution in [0.1, 0.15) is 47.6 Å². The van der Waals surface area contributed by atoms with Crippen LogP contribution in [-0.4, -0.2) is 29.9 Å². The van der Waals surface area contributed by atoms with E-state index in [2.05, 4.69) is 0 Å².